The van der Waals surface area contributed by atoms with Crippen LogP contribution in [0.3, 0.4) is 0 Å². The molecule has 5 rings (SSSR count). The fourth-order valence-corrected chi connectivity index (χ4v) is 4.57. The Bertz CT molecular complexity index is 1100. The van der Waals surface area contributed by atoms with Crippen molar-refractivity contribution in [2.75, 3.05) is 19.6 Å². The van der Waals surface area contributed by atoms with E-state index < -0.39 is 0 Å². The highest BCUT2D eigenvalue weighted by Crippen LogP contribution is 2.34. The number of hydrogen-bond donors (Lipinski definition) is 2. The minimum atomic E-state index is -0.318. The number of furan rings is 2. The highest BCUT2D eigenvalue weighted by molar-refractivity contribution is 6.03. The molecular formula is C23H25N4O4+. The molecule has 1 fully saturated rings. The number of nitrogens with zero attached hydrogens (tertiary/aromatic N) is 2. The average Bonchev–Trinajstić information content (AvgIpc) is 3.52. The molecule has 0 aliphatic carbocycles. The smallest absolute Gasteiger partial charge is 0.298 e. The van der Waals surface area contributed by atoms with Gasteiger partial charge >= 0.3 is 0 Å². The number of benzene rings is 1. The van der Waals surface area contributed by atoms with Crippen molar-refractivity contribution in [1.29, 1.82) is 0 Å². The molecule has 2 aliphatic heterocycles. The summed E-state index contributed by atoms with van der Waals surface area (Å²) in [5.41, 5.74) is 6.99. The van der Waals surface area contributed by atoms with Crippen molar-refractivity contribution in [3.63, 3.8) is 0 Å². The zero-order valence-corrected chi connectivity index (χ0v) is 17.1. The molecule has 4 heterocycles. The van der Waals surface area contributed by atoms with E-state index in [1.165, 1.54) is 5.01 Å². The Morgan fingerprint density at radius 3 is 2.87 bits per heavy atom. The number of nitrogens with two attached hydrogens (primary N) is 1. The molecule has 1 aromatic carbocycles. The number of quaternary nitrogens is 1. The maximum absolute atomic E-state index is 13.3. The molecule has 1 unspecified atom stereocenters. The number of para-hydroxylation sites is 1. The molecule has 2 aromatic heterocycles. The number of carbonyl (C=O) groups excluding carboxylic acids is 2. The average molecular weight is 421 g/mol. The van der Waals surface area contributed by atoms with E-state index in [-0.39, 0.29) is 30.3 Å². The molecule has 8 heteroatoms. The normalized spacial score (nSPS) is 23.8. The molecule has 3 aromatic rings. The Kier molecular flexibility index (Phi) is 5.07. The fraction of sp³-hybridized carbons (Fsp3) is 0.348. The lowest BCUT2D eigenvalue weighted by Gasteiger charge is -2.29. The summed E-state index contributed by atoms with van der Waals surface area (Å²) in [6, 6.07) is 13.1. The van der Waals surface area contributed by atoms with Crippen LogP contribution in [0.25, 0.3) is 11.0 Å². The first-order valence-corrected chi connectivity index (χ1v) is 10.6. The quantitative estimate of drug-likeness (QED) is 0.651. The second-order valence-corrected chi connectivity index (χ2v) is 8.29. The van der Waals surface area contributed by atoms with E-state index in [9.17, 15) is 9.59 Å². The highest BCUT2D eigenvalue weighted by atomic mass is 16.3. The lowest BCUT2D eigenvalue weighted by atomic mass is 9.97. The third kappa shape index (κ3) is 3.86. The highest BCUT2D eigenvalue weighted by Gasteiger charge is 2.38. The number of fused-ring (bicyclic) bond motifs is 1. The summed E-state index contributed by atoms with van der Waals surface area (Å²) < 4.78 is 11.6. The monoisotopic (exact) mass is 421 g/mol. The van der Waals surface area contributed by atoms with Crippen molar-refractivity contribution >= 4 is 28.5 Å². The van der Waals surface area contributed by atoms with Gasteiger partial charge in [0.05, 0.1) is 25.3 Å². The molecule has 3 N–H and O–H groups in total. The Balaban J connectivity index is 1.39. The van der Waals surface area contributed by atoms with Gasteiger partial charge < -0.3 is 19.5 Å². The number of hydrazone groups is 1. The van der Waals surface area contributed by atoms with Gasteiger partial charge in [-0.15, -0.1) is 0 Å². The second-order valence-electron chi connectivity index (χ2n) is 8.29. The Morgan fingerprint density at radius 2 is 2.10 bits per heavy atom. The minimum absolute atomic E-state index is 0.104. The van der Waals surface area contributed by atoms with Gasteiger partial charge in [-0.3, -0.25) is 9.59 Å². The molecule has 0 radical (unpaired) electrons. The number of rotatable bonds is 5. The Labute approximate surface area is 179 Å². The Morgan fingerprint density at radius 1 is 1.23 bits per heavy atom. The largest absolute Gasteiger partial charge is 0.467 e. The van der Waals surface area contributed by atoms with Crippen LogP contribution >= 0.6 is 0 Å². The number of nitrogens with one attached hydrogen (secondary N) is 1. The molecule has 2 aliphatic rings. The summed E-state index contributed by atoms with van der Waals surface area (Å²) >= 11 is 0. The van der Waals surface area contributed by atoms with Gasteiger partial charge in [0.25, 0.3) is 5.91 Å². The topological polar surface area (TPSA) is 106 Å². The number of likely N-dealkylation sites (tertiary alicyclic amines) is 1. The first-order valence-electron chi connectivity index (χ1n) is 10.6. The van der Waals surface area contributed by atoms with Crippen molar-refractivity contribution in [3.8, 4) is 0 Å². The molecule has 2 amide bonds. The van der Waals surface area contributed by atoms with Crippen molar-refractivity contribution < 1.29 is 23.3 Å². The number of hydrogen-bond acceptors (Lipinski definition) is 5. The molecule has 0 spiro atoms. The first kappa shape index (κ1) is 19.6. The second kappa shape index (κ2) is 8.03. The van der Waals surface area contributed by atoms with Gasteiger partial charge in [0.2, 0.25) is 5.91 Å². The fourth-order valence-electron chi connectivity index (χ4n) is 4.57. The van der Waals surface area contributed by atoms with Crippen molar-refractivity contribution in [2.24, 2.45) is 16.8 Å². The third-order valence-corrected chi connectivity index (χ3v) is 6.17. The van der Waals surface area contributed by atoms with Gasteiger partial charge in [0.15, 0.2) is 12.3 Å². The van der Waals surface area contributed by atoms with Crippen LogP contribution in [-0.2, 0) is 9.59 Å². The summed E-state index contributed by atoms with van der Waals surface area (Å²) in [5, 5.41) is 7.16. The van der Waals surface area contributed by atoms with E-state index >= 15 is 0 Å². The molecule has 31 heavy (non-hydrogen) atoms. The van der Waals surface area contributed by atoms with Crippen LogP contribution in [0.2, 0.25) is 0 Å². The summed E-state index contributed by atoms with van der Waals surface area (Å²) in [6.07, 6.45) is 3.79. The minimum Gasteiger partial charge on any atom is -0.467 e. The van der Waals surface area contributed by atoms with Gasteiger partial charge in [-0.25, -0.2) is 5.01 Å². The standard InChI is InChI=1S/C23H24N4O4/c24-23(29)16-6-3-9-26(13-16)14-22(28)27-18(20-8-4-10-30-20)12-17(25-27)21-11-15-5-1-2-7-19(15)31-21/h1-2,4-5,7-8,10-11,16,18H,3,6,9,12-14H2,(H2,24,29)/p+1/t16-,18+/m0/s1. The van der Waals surface area contributed by atoms with Gasteiger partial charge in [-0.2, -0.15) is 5.10 Å². The van der Waals surface area contributed by atoms with Crippen LogP contribution in [-0.4, -0.2) is 42.2 Å². The molecule has 0 bridgehead atoms. The summed E-state index contributed by atoms with van der Waals surface area (Å²) in [5.74, 6) is 0.779. The molecule has 1 saturated heterocycles. The van der Waals surface area contributed by atoms with Crippen molar-refractivity contribution in [3.05, 3.63) is 60.2 Å². The van der Waals surface area contributed by atoms with E-state index in [1.54, 1.807) is 6.26 Å². The lowest BCUT2D eigenvalue weighted by Crippen LogP contribution is -3.14. The van der Waals surface area contributed by atoms with Gasteiger partial charge in [0.1, 0.15) is 23.1 Å². The third-order valence-electron chi connectivity index (χ3n) is 6.17. The lowest BCUT2D eigenvalue weighted by molar-refractivity contribution is -0.899. The number of piperidine rings is 1. The van der Waals surface area contributed by atoms with Gasteiger partial charge in [-0.05, 0) is 37.1 Å². The van der Waals surface area contributed by atoms with E-state index in [0.717, 1.165) is 41.0 Å². The van der Waals surface area contributed by atoms with E-state index in [1.807, 2.05) is 42.5 Å². The number of amides is 2. The zero-order chi connectivity index (χ0) is 21.4. The molecule has 3 atom stereocenters. The van der Waals surface area contributed by atoms with Crippen LogP contribution in [0, 0.1) is 5.92 Å². The molecule has 8 nitrogen and oxygen atoms in total. The summed E-state index contributed by atoms with van der Waals surface area (Å²) in [6.45, 7) is 1.69. The Hall–Kier alpha value is -3.39. The number of primary amides is 1. The van der Waals surface area contributed by atoms with Crippen LogP contribution in [0.5, 0.6) is 0 Å². The SMILES string of the molecule is NC(=O)[C@H]1CCC[NH+](CC(=O)N2N=C(c3cc4ccccc4o3)C[C@@H]2c2ccco2)C1. The van der Waals surface area contributed by atoms with Crippen LogP contribution in [0.15, 0.2) is 62.7 Å². The molecule has 160 valence electrons. The summed E-state index contributed by atoms with van der Waals surface area (Å²) in [7, 11) is 0. The van der Waals surface area contributed by atoms with Gasteiger partial charge in [-0.1, -0.05) is 18.2 Å². The predicted octanol–water partition coefficient (Wildman–Crippen LogP) is 1.48. The van der Waals surface area contributed by atoms with Gasteiger partial charge in [0, 0.05) is 11.8 Å². The van der Waals surface area contributed by atoms with Crippen LogP contribution < -0.4 is 10.6 Å². The molecular weight excluding hydrogens is 396 g/mol. The zero-order valence-electron chi connectivity index (χ0n) is 17.1. The predicted molar refractivity (Wildman–Crippen MR) is 113 cm³/mol. The van der Waals surface area contributed by atoms with Crippen molar-refractivity contribution in [1.82, 2.24) is 5.01 Å². The maximum atomic E-state index is 13.3. The van der Waals surface area contributed by atoms with E-state index in [0.29, 0.717) is 24.5 Å². The van der Waals surface area contributed by atoms with Crippen LogP contribution in [0.4, 0.5) is 0 Å². The van der Waals surface area contributed by atoms with E-state index in [4.69, 9.17) is 14.6 Å². The summed E-state index contributed by atoms with van der Waals surface area (Å²) in [4.78, 5) is 25.9. The maximum Gasteiger partial charge on any atom is 0.298 e. The first-order chi connectivity index (χ1) is 15.1. The molecule has 0 saturated carbocycles. The van der Waals surface area contributed by atoms with Crippen LogP contribution in [0.1, 0.15) is 36.8 Å². The van der Waals surface area contributed by atoms with E-state index in [2.05, 4.69) is 5.10 Å². The van der Waals surface area contributed by atoms with Crippen molar-refractivity contribution in [2.45, 2.75) is 25.3 Å². The number of carbonyl (C=O) groups is 2.